The fourth-order valence-electron chi connectivity index (χ4n) is 6.85. The Morgan fingerprint density at radius 2 is 1.66 bits per heavy atom. The van der Waals surface area contributed by atoms with E-state index in [1.54, 1.807) is 6.07 Å². The van der Waals surface area contributed by atoms with Crippen molar-refractivity contribution in [3.8, 4) is 5.75 Å². The largest absolute Gasteiger partial charge is 0.508 e. The molecule has 2 N–H and O–H groups in total. The first-order valence-corrected chi connectivity index (χ1v) is 13.6. The standard InChI is InChI=1S/C30H40N2O3/c33-28-13-7-12-24(20-28)25-18-26-14-15-27(19-25)32(26)17-16-31(21-22-8-3-1-4-9-22)30(35)29(34)23-10-5-2-6-11-23/h2,5-7,10-13,20,22,25-27,29,33-34H,1,3-4,8-9,14-19,21H2/t25?,26-,27+,29?. The number of carbonyl (C=O) groups is 1. The summed E-state index contributed by atoms with van der Waals surface area (Å²) in [5, 5.41) is 20.8. The first kappa shape index (κ1) is 24.3. The zero-order valence-electron chi connectivity index (χ0n) is 20.8. The van der Waals surface area contributed by atoms with Gasteiger partial charge in [0.2, 0.25) is 0 Å². The number of phenolic OH excluding ortho intramolecular Hbond substituents is 1. The molecule has 1 saturated carbocycles. The monoisotopic (exact) mass is 476 g/mol. The number of rotatable bonds is 8. The van der Waals surface area contributed by atoms with Gasteiger partial charge in [-0.15, -0.1) is 0 Å². The predicted octanol–water partition coefficient (Wildman–Crippen LogP) is 5.25. The molecule has 2 bridgehead atoms. The molecule has 2 saturated heterocycles. The van der Waals surface area contributed by atoms with Gasteiger partial charge in [-0.2, -0.15) is 0 Å². The number of nitrogens with zero attached hydrogens (tertiary/aromatic N) is 2. The number of hydrogen-bond donors (Lipinski definition) is 2. The topological polar surface area (TPSA) is 64.0 Å². The number of piperidine rings is 1. The van der Waals surface area contributed by atoms with Crippen LogP contribution in [0.15, 0.2) is 54.6 Å². The second-order valence-corrected chi connectivity index (χ2v) is 11.0. The van der Waals surface area contributed by atoms with Crippen LogP contribution in [0, 0.1) is 5.92 Å². The highest BCUT2D eigenvalue weighted by Gasteiger charge is 2.41. The molecule has 0 aromatic heterocycles. The summed E-state index contributed by atoms with van der Waals surface area (Å²) in [6.45, 7) is 2.32. The minimum Gasteiger partial charge on any atom is -0.508 e. The van der Waals surface area contributed by atoms with E-state index in [2.05, 4.69) is 11.0 Å². The molecule has 35 heavy (non-hydrogen) atoms. The molecule has 1 amide bonds. The molecule has 5 nitrogen and oxygen atoms in total. The number of hydrogen-bond acceptors (Lipinski definition) is 4. The molecule has 3 fully saturated rings. The molecule has 5 rings (SSSR count). The van der Waals surface area contributed by atoms with Crippen molar-refractivity contribution >= 4 is 5.91 Å². The van der Waals surface area contributed by atoms with Gasteiger partial charge in [-0.1, -0.05) is 61.7 Å². The van der Waals surface area contributed by atoms with Crippen molar-refractivity contribution in [3.05, 3.63) is 65.7 Å². The van der Waals surface area contributed by atoms with Crippen LogP contribution in [0.2, 0.25) is 0 Å². The summed E-state index contributed by atoms with van der Waals surface area (Å²) in [5.41, 5.74) is 1.93. The lowest BCUT2D eigenvalue weighted by Gasteiger charge is -2.41. The molecule has 2 heterocycles. The Balaban J connectivity index is 1.25. The number of aliphatic hydroxyl groups excluding tert-OH is 1. The third-order valence-electron chi connectivity index (χ3n) is 8.72. The molecule has 188 valence electrons. The Kier molecular flexibility index (Phi) is 7.74. The van der Waals surface area contributed by atoms with Gasteiger partial charge in [0.05, 0.1) is 0 Å². The zero-order valence-corrected chi connectivity index (χ0v) is 20.8. The number of aliphatic hydroxyl groups is 1. The zero-order chi connectivity index (χ0) is 24.2. The van der Waals surface area contributed by atoms with Crippen LogP contribution < -0.4 is 0 Å². The molecule has 2 aliphatic heterocycles. The second kappa shape index (κ2) is 11.1. The Hall–Kier alpha value is -2.37. The number of phenols is 1. The van der Waals surface area contributed by atoms with E-state index in [9.17, 15) is 15.0 Å². The molecule has 0 spiro atoms. The van der Waals surface area contributed by atoms with Crippen LogP contribution in [0.3, 0.4) is 0 Å². The molecule has 5 heteroatoms. The number of benzene rings is 2. The van der Waals surface area contributed by atoms with Gasteiger partial charge in [-0.25, -0.2) is 0 Å². The van der Waals surface area contributed by atoms with Gasteiger partial charge < -0.3 is 15.1 Å². The first-order valence-electron chi connectivity index (χ1n) is 13.6. The highest BCUT2D eigenvalue weighted by Crippen LogP contribution is 2.43. The lowest BCUT2D eigenvalue weighted by Crippen LogP contribution is -2.48. The van der Waals surface area contributed by atoms with Crippen LogP contribution in [0.25, 0.3) is 0 Å². The fraction of sp³-hybridized carbons (Fsp3) is 0.567. The number of fused-ring (bicyclic) bond motifs is 2. The maximum atomic E-state index is 13.5. The summed E-state index contributed by atoms with van der Waals surface area (Å²) in [4.78, 5) is 18.1. The average Bonchev–Trinajstić information content (AvgIpc) is 3.13. The Labute approximate surface area is 209 Å². The number of aromatic hydroxyl groups is 1. The summed E-state index contributed by atoms with van der Waals surface area (Å²) in [7, 11) is 0. The van der Waals surface area contributed by atoms with E-state index in [0.717, 1.165) is 25.9 Å². The SMILES string of the molecule is O=C(C(O)c1ccccc1)N(CCN1[C@@H]2CC[C@H]1CC(c1cccc(O)c1)C2)CC1CCCCC1. The van der Waals surface area contributed by atoms with Crippen LogP contribution in [0.5, 0.6) is 5.75 Å². The fourth-order valence-corrected chi connectivity index (χ4v) is 6.85. The van der Waals surface area contributed by atoms with Crippen molar-refractivity contribution in [1.82, 2.24) is 9.80 Å². The van der Waals surface area contributed by atoms with Gasteiger partial charge >= 0.3 is 0 Å². The van der Waals surface area contributed by atoms with Gasteiger partial charge in [0, 0.05) is 31.7 Å². The molecule has 4 atom stereocenters. The summed E-state index contributed by atoms with van der Waals surface area (Å²) in [6, 6.07) is 18.2. The molecular weight excluding hydrogens is 436 g/mol. The highest BCUT2D eigenvalue weighted by atomic mass is 16.3. The van der Waals surface area contributed by atoms with Gasteiger partial charge in [-0.3, -0.25) is 9.69 Å². The van der Waals surface area contributed by atoms with E-state index in [-0.39, 0.29) is 5.91 Å². The Morgan fingerprint density at radius 3 is 2.34 bits per heavy atom. The van der Waals surface area contributed by atoms with Crippen LogP contribution in [0.4, 0.5) is 0 Å². The van der Waals surface area contributed by atoms with Crippen LogP contribution >= 0.6 is 0 Å². The van der Waals surface area contributed by atoms with Gasteiger partial charge in [-0.05, 0) is 73.6 Å². The van der Waals surface area contributed by atoms with Crippen molar-refractivity contribution in [3.63, 3.8) is 0 Å². The van der Waals surface area contributed by atoms with E-state index in [1.165, 1.54) is 50.5 Å². The van der Waals surface area contributed by atoms with E-state index >= 15 is 0 Å². The van der Waals surface area contributed by atoms with Crippen LogP contribution in [-0.4, -0.2) is 57.6 Å². The van der Waals surface area contributed by atoms with Crippen molar-refractivity contribution in [2.24, 2.45) is 5.92 Å². The molecule has 2 unspecified atom stereocenters. The molecule has 0 radical (unpaired) electrons. The van der Waals surface area contributed by atoms with Crippen molar-refractivity contribution < 1.29 is 15.0 Å². The quantitative estimate of drug-likeness (QED) is 0.547. The molecule has 3 aliphatic rings. The third kappa shape index (κ3) is 5.73. The first-order chi connectivity index (χ1) is 17.1. The smallest absolute Gasteiger partial charge is 0.256 e. The van der Waals surface area contributed by atoms with Crippen molar-refractivity contribution in [2.75, 3.05) is 19.6 Å². The number of amides is 1. The summed E-state index contributed by atoms with van der Waals surface area (Å²) in [6.07, 6.45) is 9.74. The summed E-state index contributed by atoms with van der Waals surface area (Å²) < 4.78 is 0. The predicted molar refractivity (Wildman–Crippen MR) is 138 cm³/mol. The third-order valence-corrected chi connectivity index (χ3v) is 8.72. The minimum atomic E-state index is -1.09. The minimum absolute atomic E-state index is 0.149. The van der Waals surface area contributed by atoms with E-state index in [1.807, 2.05) is 47.4 Å². The molecule has 2 aromatic rings. The van der Waals surface area contributed by atoms with Gasteiger partial charge in [0.25, 0.3) is 5.91 Å². The molecular formula is C30H40N2O3. The van der Waals surface area contributed by atoms with E-state index < -0.39 is 6.10 Å². The maximum absolute atomic E-state index is 13.5. The van der Waals surface area contributed by atoms with Crippen molar-refractivity contribution in [2.45, 2.75) is 81.9 Å². The molecule has 1 aliphatic carbocycles. The second-order valence-electron chi connectivity index (χ2n) is 11.0. The average molecular weight is 477 g/mol. The van der Waals surface area contributed by atoms with E-state index in [0.29, 0.717) is 41.8 Å². The summed E-state index contributed by atoms with van der Waals surface area (Å²) >= 11 is 0. The highest BCUT2D eigenvalue weighted by molar-refractivity contribution is 5.82. The lowest BCUT2D eigenvalue weighted by atomic mass is 9.85. The summed E-state index contributed by atoms with van der Waals surface area (Å²) in [5.74, 6) is 1.24. The molecule has 2 aromatic carbocycles. The van der Waals surface area contributed by atoms with E-state index in [4.69, 9.17) is 0 Å². The van der Waals surface area contributed by atoms with Gasteiger partial charge in [0.15, 0.2) is 6.10 Å². The normalized spacial score (nSPS) is 25.9. The maximum Gasteiger partial charge on any atom is 0.256 e. The number of carbonyl (C=O) groups excluding carboxylic acids is 1. The van der Waals surface area contributed by atoms with Gasteiger partial charge in [0.1, 0.15) is 5.75 Å². The Bertz CT molecular complexity index is 961. The van der Waals surface area contributed by atoms with Crippen LogP contribution in [0.1, 0.15) is 80.9 Å². The van der Waals surface area contributed by atoms with Crippen LogP contribution in [-0.2, 0) is 4.79 Å². The van der Waals surface area contributed by atoms with Crippen molar-refractivity contribution in [1.29, 1.82) is 0 Å². The Morgan fingerprint density at radius 1 is 0.943 bits per heavy atom. The lowest BCUT2D eigenvalue weighted by molar-refractivity contribution is -0.141.